The summed E-state index contributed by atoms with van der Waals surface area (Å²) in [6.45, 7) is 7.31. The fourth-order valence-corrected chi connectivity index (χ4v) is 6.20. The summed E-state index contributed by atoms with van der Waals surface area (Å²) in [6.07, 6.45) is 5.04. The predicted octanol–water partition coefficient (Wildman–Crippen LogP) is 5.00. The van der Waals surface area contributed by atoms with Crippen molar-refractivity contribution in [3.05, 3.63) is 51.6 Å². The molecule has 172 valence electrons. The summed E-state index contributed by atoms with van der Waals surface area (Å²) >= 11 is 2.28. The Kier molecular flexibility index (Phi) is 6.32. The lowest BCUT2D eigenvalue weighted by Gasteiger charge is -2.35. The molecule has 0 atom stereocenters. The van der Waals surface area contributed by atoms with Crippen LogP contribution in [0.3, 0.4) is 0 Å². The van der Waals surface area contributed by atoms with Gasteiger partial charge in [0.05, 0.1) is 16.1 Å². The number of anilines is 2. The van der Waals surface area contributed by atoms with Gasteiger partial charge in [-0.15, -0.1) is 0 Å². The topological polar surface area (TPSA) is 78.5 Å². The molecule has 0 aromatic heterocycles. The Bertz CT molecular complexity index is 1130. The number of piperidine rings is 1. The molecule has 0 unspecified atom stereocenters. The van der Waals surface area contributed by atoms with Crippen molar-refractivity contribution >= 4 is 49.9 Å². The lowest BCUT2D eigenvalue weighted by molar-refractivity contribution is 0.102. The van der Waals surface area contributed by atoms with E-state index in [2.05, 4.69) is 43.6 Å². The Morgan fingerprint density at radius 2 is 1.72 bits per heavy atom. The molecule has 1 aliphatic carbocycles. The molecule has 1 saturated heterocycles. The van der Waals surface area contributed by atoms with E-state index in [0.717, 1.165) is 22.3 Å². The zero-order valence-corrected chi connectivity index (χ0v) is 21.7. The van der Waals surface area contributed by atoms with Crippen LogP contribution >= 0.6 is 22.6 Å². The molecule has 1 spiro atoms. The minimum Gasteiger partial charge on any atom is -0.371 e. The molecule has 32 heavy (non-hydrogen) atoms. The molecule has 2 aromatic carbocycles. The molecule has 2 fully saturated rings. The second-order valence-corrected chi connectivity index (χ2v) is 12.9. The molecule has 0 bridgehead atoms. The van der Waals surface area contributed by atoms with Gasteiger partial charge in [0.15, 0.2) is 0 Å². The van der Waals surface area contributed by atoms with Gasteiger partial charge in [-0.25, -0.2) is 13.1 Å². The van der Waals surface area contributed by atoms with E-state index in [9.17, 15) is 13.2 Å². The van der Waals surface area contributed by atoms with Crippen LogP contribution in [-0.4, -0.2) is 33.0 Å². The first-order valence-corrected chi connectivity index (χ1v) is 13.5. The zero-order valence-electron chi connectivity index (χ0n) is 18.7. The quantitative estimate of drug-likeness (QED) is 0.499. The summed E-state index contributed by atoms with van der Waals surface area (Å²) in [5.74, 6) is -0.235. The highest BCUT2D eigenvalue weighted by atomic mass is 127. The Morgan fingerprint density at radius 3 is 2.34 bits per heavy atom. The number of benzene rings is 2. The Morgan fingerprint density at radius 1 is 1.03 bits per heavy atom. The van der Waals surface area contributed by atoms with Gasteiger partial charge in [0.25, 0.3) is 5.91 Å². The predicted molar refractivity (Wildman–Crippen MR) is 137 cm³/mol. The summed E-state index contributed by atoms with van der Waals surface area (Å²) in [5.41, 5.74) is 1.98. The fraction of sp³-hybridized carbons (Fsp3) is 0.458. The van der Waals surface area contributed by atoms with Gasteiger partial charge < -0.3 is 10.2 Å². The molecule has 2 N–H and O–H groups in total. The standard InChI is InChI=1S/C24H30IN3O3S/c1-23(2,3)27-32(30,31)19-6-4-5-18(16-19)26-22(29)20-8-7-17(25)15-21(20)28-13-11-24(9-10-24)12-14-28/h4-8,15-16,27H,9-14H2,1-3H3,(H,26,29). The number of carbonyl (C=O) groups is 1. The van der Waals surface area contributed by atoms with Crippen LogP contribution in [0.1, 0.15) is 56.8 Å². The molecule has 1 heterocycles. The molecular weight excluding hydrogens is 537 g/mol. The number of hydrogen-bond acceptors (Lipinski definition) is 4. The molecule has 0 radical (unpaired) electrons. The first-order chi connectivity index (χ1) is 15.0. The number of hydrogen-bond donors (Lipinski definition) is 2. The van der Waals surface area contributed by atoms with E-state index >= 15 is 0 Å². The van der Waals surface area contributed by atoms with E-state index in [1.807, 2.05) is 12.1 Å². The van der Waals surface area contributed by atoms with Crippen LogP contribution in [0.5, 0.6) is 0 Å². The summed E-state index contributed by atoms with van der Waals surface area (Å²) in [5, 5.41) is 2.90. The highest BCUT2D eigenvalue weighted by molar-refractivity contribution is 14.1. The highest BCUT2D eigenvalue weighted by Gasteiger charge is 2.44. The third kappa shape index (κ3) is 5.46. The van der Waals surface area contributed by atoms with E-state index in [0.29, 0.717) is 16.7 Å². The first kappa shape index (κ1) is 23.5. The Hall–Kier alpha value is -1.65. The Balaban J connectivity index is 1.55. The van der Waals surface area contributed by atoms with Crippen LogP contribution < -0.4 is 14.9 Å². The lowest BCUT2D eigenvalue weighted by Crippen LogP contribution is -2.40. The van der Waals surface area contributed by atoms with E-state index < -0.39 is 15.6 Å². The van der Waals surface area contributed by atoms with Crippen LogP contribution in [0.15, 0.2) is 47.4 Å². The van der Waals surface area contributed by atoms with E-state index in [-0.39, 0.29) is 10.8 Å². The SMILES string of the molecule is CC(C)(C)NS(=O)(=O)c1cccc(NC(=O)c2ccc(I)cc2N2CCC3(CC2)CC3)c1. The maximum absolute atomic E-state index is 13.2. The summed E-state index contributed by atoms with van der Waals surface area (Å²) in [6, 6.07) is 12.2. The van der Waals surface area contributed by atoms with Crippen LogP contribution in [-0.2, 0) is 10.0 Å². The van der Waals surface area contributed by atoms with Gasteiger partial charge in [-0.2, -0.15) is 0 Å². The highest BCUT2D eigenvalue weighted by Crippen LogP contribution is 2.54. The van der Waals surface area contributed by atoms with Crippen molar-refractivity contribution in [3.63, 3.8) is 0 Å². The third-order valence-corrected chi connectivity index (χ3v) is 8.60. The number of nitrogens with zero attached hydrogens (tertiary/aromatic N) is 1. The lowest BCUT2D eigenvalue weighted by atomic mass is 9.93. The molecule has 1 amide bonds. The zero-order chi connectivity index (χ0) is 23.1. The number of amides is 1. The second-order valence-electron chi connectivity index (χ2n) is 9.99. The van der Waals surface area contributed by atoms with Crippen molar-refractivity contribution in [2.75, 3.05) is 23.3 Å². The third-order valence-electron chi connectivity index (χ3n) is 6.17. The molecule has 1 aliphatic heterocycles. The molecule has 2 aromatic rings. The fourth-order valence-electron chi connectivity index (χ4n) is 4.26. The van der Waals surface area contributed by atoms with Crippen molar-refractivity contribution in [3.8, 4) is 0 Å². The average Bonchev–Trinajstić information content (AvgIpc) is 3.45. The molecule has 6 nitrogen and oxygen atoms in total. The van der Waals surface area contributed by atoms with Crippen molar-refractivity contribution in [2.45, 2.75) is 56.9 Å². The van der Waals surface area contributed by atoms with Gasteiger partial charge in [-0.05, 0) is 111 Å². The van der Waals surface area contributed by atoms with Gasteiger partial charge in [-0.1, -0.05) is 6.07 Å². The van der Waals surface area contributed by atoms with Gasteiger partial charge in [0.2, 0.25) is 10.0 Å². The van der Waals surface area contributed by atoms with Gasteiger partial charge in [-0.3, -0.25) is 4.79 Å². The van der Waals surface area contributed by atoms with E-state index in [4.69, 9.17) is 0 Å². The van der Waals surface area contributed by atoms with Crippen molar-refractivity contribution in [1.29, 1.82) is 0 Å². The van der Waals surface area contributed by atoms with Crippen LogP contribution in [0, 0.1) is 8.99 Å². The molecule has 8 heteroatoms. The largest absolute Gasteiger partial charge is 0.371 e. The van der Waals surface area contributed by atoms with Crippen molar-refractivity contribution < 1.29 is 13.2 Å². The van der Waals surface area contributed by atoms with E-state index in [1.54, 1.807) is 32.9 Å². The average molecular weight is 567 g/mol. The number of carbonyl (C=O) groups excluding carboxylic acids is 1. The van der Waals surface area contributed by atoms with Crippen molar-refractivity contribution in [2.24, 2.45) is 5.41 Å². The van der Waals surface area contributed by atoms with Gasteiger partial charge in [0.1, 0.15) is 0 Å². The maximum atomic E-state index is 13.2. The number of nitrogens with one attached hydrogen (secondary N) is 2. The summed E-state index contributed by atoms with van der Waals surface area (Å²) < 4.78 is 29.1. The van der Waals surface area contributed by atoms with Crippen LogP contribution in [0.4, 0.5) is 11.4 Å². The number of sulfonamides is 1. The maximum Gasteiger partial charge on any atom is 0.257 e. The second kappa shape index (κ2) is 8.61. The first-order valence-electron chi connectivity index (χ1n) is 11.0. The van der Waals surface area contributed by atoms with Crippen LogP contribution in [0.25, 0.3) is 0 Å². The smallest absolute Gasteiger partial charge is 0.257 e. The van der Waals surface area contributed by atoms with Crippen molar-refractivity contribution in [1.82, 2.24) is 4.72 Å². The van der Waals surface area contributed by atoms with Gasteiger partial charge in [0, 0.05) is 27.9 Å². The van der Waals surface area contributed by atoms with E-state index in [1.165, 1.54) is 37.8 Å². The number of halogens is 1. The van der Waals surface area contributed by atoms with Gasteiger partial charge >= 0.3 is 0 Å². The molecule has 4 rings (SSSR count). The number of rotatable bonds is 5. The minimum absolute atomic E-state index is 0.124. The molecule has 1 saturated carbocycles. The van der Waals surface area contributed by atoms with Crippen LogP contribution in [0.2, 0.25) is 0 Å². The molecular formula is C24H30IN3O3S. The monoisotopic (exact) mass is 567 g/mol. The Labute approximate surface area is 204 Å². The molecule has 2 aliphatic rings. The minimum atomic E-state index is -3.69. The summed E-state index contributed by atoms with van der Waals surface area (Å²) in [7, 11) is -3.69. The normalized spacial score (nSPS) is 17.9. The summed E-state index contributed by atoms with van der Waals surface area (Å²) in [4.78, 5) is 15.7.